The summed E-state index contributed by atoms with van der Waals surface area (Å²) in [5.74, 6) is 0.732. The van der Waals surface area contributed by atoms with Gasteiger partial charge in [-0.2, -0.15) is 0 Å². The molecule has 1 aromatic heterocycles. The van der Waals surface area contributed by atoms with Crippen LogP contribution < -0.4 is 15.5 Å². The van der Waals surface area contributed by atoms with Crippen molar-refractivity contribution in [3.63, 3.8) is 0 Å². The van der Waals surface area contributed by atoms with Crippen LogP contribution in [0.4, 0.5) is 11.5 Å². The maximum atomic E-state index is 12.6. The Hall–Kier alpha value is -2.89. The molecule has 6 heteroatoms. The molecule has 6 nitrogen and oxygen atoms in total. The zero-order chi connectivity index (χ0) is 18.6. The number of aromatic nitrogens is 1. The summed E-state index contributed by atoms with van der Waals surface area (Å²) in [4.78, 5) is 31.3. The second-order valence-corrected chi connectivity index (χ2v) is 7.29. The molecule has 1 aliphatic heterocycles. The van der Waals surface area contributed by atoms with Gasteiger partial charge in [0.25, 0.3) is 5.91 Å². The Balaban J connectivity index is 1.37. The lowest BCUT2D eigenvalue weighted by atomic mass is 9.97. The van der Waals surface area contributed by atoms with Crippen LogP contribution in [0.2, 0.25) is 0 Å². The smallest absolute Gasteiger partial charge is 0.253 e. The molecule has 1 atom stereocenters. The largest absolute Gasteiger partial charge is 0.356 e. The van der Waals surface area contributed by atoms with E-state index < -0.39 is 0 Å². The van der Waals surface area contributed by atoms with Crippen LogP contribution in [0, 0.1) is 5.92 Å². The Morgan fingerprint density at radius 2 is 1.85 bits per heavy atom. The molecule has 140 valence electrons. The van der Waals surface area contributed by atoms with E-state index >= 15 is 0 Å². The third-order valence-electron chi connectivity index (χ3n) is 5.08. The lowest BCUT2D eigenvalue weighted by Gasteiger charge is -2.32. The number of carbonyl (C=O) groups is 2. The van der Waals surface area contributed by atoms with Gasteiger partial charge in [0.1, 0.15) is 5.82 Å². The standard InChI is InChI=1S/C21H24N4O2/c26-20(24-18-9-10-18)15-8-11-19(22-13-15)25-12-4-5-16(14-25)21(27)23-17-6-2-1-3-7-17/h1-3,6-8,11,13,16,18H,4-5,9-10,12,14H2,(H,23,27)(H,24,26). The second-order valence-electron chi connectivity index (χ2n) is 7.29. The summed E-state index contributed by atoms with van der Waals surface area (Å²) in [6.07, 6.45) is 5.57. The average molecular weight is 364 g/mol. The molecule has 0 bridgehead atoms. The fraction of sp³-hybridized carbons (Fsp3) is 0.381. The van der Waals surface area contributed by atoms with Crippen LogP contribution in [0.5, 0.6) is 0 Å². The van der Waals surface area contributed by atoms with Crippen molar-refractivity contribution in [2.75, 3.05) is 23.3 Å². The number of anilines is 2. The van der Waals surface area contributed by atoms with Crippen LogP contribution in [0.3, 0.4) is 0 Å². The molecule has 2 heterocycles. The van der Waals surface area contributed by atoms with E-state index in [0.717, 1.165) is 43.7 Å². The Morgan fingerprint density at radius 3 is 2.56 bits per heavy atom. The van der Waals surface area contributed by atoms with Gasteiger partial charge in [-0.1, -0.05) is 18.2 Å². The molecular weight excluding hydrogens is 340 g/mol. The summed E-state index contributed by atoms with van der Waals surface area (Å²) in [5.41, 5.74) is 1.41. The van der Waals surface area contributed by atoms with Gasteiger partial charge in [-0.15, -0.1) is 0 Å². The fourth-order valence-electron chi connectivity index (χ4n) is 3.37. The number of para-hydroxylation sites is 1. The van der Waals surface area contributed by atoms with E-state index in [9.17, 15) is 9.59 Å². The van der Waals surface area contributed by atoms with Crippen LogP contribution in [-0.4, -0.2) is 35.9 Å². The number of pyridine rings is 1. The highest BCUT2D eigenvalue weighted by atomic mass is 16.2. The van der Waals surface area contributed by atoms with E-state index in [1.807, 2.05) is 42.5 Å². The lowest BCUT2D eigenvalue weighted by molar-refractivity contribution is -0.120. The quantitative estimate of drug-likeness (QED) is 0.856. The molecule has 1 unspecified atom stereocenters. The van der Waals surface area contributed by atoms with Gasteiger partial charge in [-0.05, 0) is 49.9 Å². The number of nitrogens with zero attached hydrogens (tertiary/aromatic N) is 2. The molecule has 0 spiro atoms. The van der Waals surface area contributed by atoms with Gasteiger partial charge in [0.2, 0.25) is 5.91 Å². The number of amides is 2. The molecule has 2 aliphatic rings. The fourth-order valence-corrected chi connectivity index (χ4v) is 3.37. The van der Waals surface area contributed by atoms with Gasteiger partial charge in [0.15, 0.2) is 0 Å². The molecule has 27 heavy (non-hydrogen) atoms. The van der Waals surface area contributed by atoms with Gasteiger partial charge in [0.05, 0.1) is 11.5 Å². The molecule has 4 rings (SSSR count). The van der Waals surface area contributed by atoms with Crippen LogP contribution >= 0.6 is 0 Å². The monoisotopic (exact) mass is 364 g/mol. The van der Waals surface area contributed by atoms with E-state index in [4.69, 9.17) is 0 Å². The number of piperidine rings is 1. The molecule has 1 aliphatic carbocycles. The van der Waals surface area contributed by atoms with Crippen molar-refractivity contribution in [2.24, 2.45) is 5.92 Å². The molecule has 2 fully saturated rings. The Bertz CT molecular complexity index is 803. The first-order valence-corrected chi connectivity index (χ1v) is 9.57. The third-order valence-corrected chi connectivity index (χ3v) is 5.08. The maximum Gasteiger partial charge on any atom is 0.253 e. The van der Waals surface area contributed by atoms with Gasteiger partial charge >= 0.3 is 0 Å². The van der Waals surface area contributed by atoms with Crippen molar-refractivity contribution in [3.8, 4) is 0 Å². The van der Waals surface area contributed by atoms with E-state index in [1.54, 1.807) is 6.20 Å². The maximum absolute atomic E-state index is 12.6. The minimum atomic E-state index is -0.0707. The van der Waals surface area contributed by atoms with Crippen LogP contribution in [0.15, 0.2) is 48.7 Å². The normalized spacial score (nSPS) is 19.4. The van der Waals surface area contributed by atoms with E-state index in [2.05, 4.69) is 20.5 Å². The van der Waals surface area contributed by atoms with Gasteiger partial charge in [-0.25, -0.2) is 4.98 Å². The Morgan fingerprint density at radius 1 is 1.04 bits per heavy atom. The van der Waals surface area contributed by atoms with Crippen molar-refractivity contribution in [1.29, 1.82) is 0 Å². The number of carbonyl (C=O) groups excluding carboxylic acids is 2. The first-order valence-electron chi connectivity index (χ1n) is 9.57. The van der Waals surface area contributed by atoms with Crippen LogP contribution in [0.1, 0.15) is 36.0 Å². The highest BCUT2D eigenvalue weighted by molar-refractivity contribution is 5.94. The van der Waals surface area contributed by atoms with E-state index in [1.165, 1.54) is 0 Å². The minimum absolute atomic E-state index is 0.0475. The number of benzene rings is 1. The number of hydrogen-bond donors (Lipinski definition) is 2. The summed E-state index contributed by atoms with van der Waals surface area (Å²) in [7, 11) is 0. The zero-order valence-electron chi connectivity index (χ0n) is 15.2. The topological polar surface area (TPSA) is 74.3 Å². The second kappa shape index (κ2) is 7.78. The van der Waals surface area contributed by atoms with Crippen LogP contribution in [0.25, 0.3) is 0 Å². The Labute approximate surface area is 159 Å². The summed E-state index contributed by atoms with van der Waals surface area (Å²) >= 11 is 0. The average Bonchev–Trinajstić information content (AvgIpc) is 3.53. The number of hydrogen-bond acceptors (Lipinski definition) is 4. The van der Waals surface area contributed by atoms with Gasteiger partial charge in [0, 0.05) is 31.0 Å². The van der Waals surface area contributed by atoms with E-state index in [-0.39, 0.29) is 17.7 Å². The SMILES string of the molecule is O=C(NC1CC1)c1ccc(N2CCCC(C(=O)Nc3ccccc3)C2)nc1. The highest BCUT2D eigenvalue weighted by Crippen LogP contribution is 2.24. The predicted octanol–water partition coefficient (Wildman–Crippen LogP) is 2.83. The van der Waals surface area contributed by atoms with Gasteiger partial charge < -0.3 is 15.5 Å². The summed E-state index contributed by atoms with van der Waals surface area (Å²) < 4.78 is 0. The molecular formula is C21H24N4O2. The van der Waals surface area contributed by atoms with Crippen LogP contribution in [-0.2, 0) is 4.79 Å². The Kier molecular flexibility index (Phi) is 5.05. The lowest BCUT2D eigenvalue weighted by Crippen LogP contribution is -2.41. The summed E-state index contributed by atoms with van der Waals surface area (Å²) in [6.45, 7) is 1.51. The van der Waals surface area contributed by atoms with E-state index in [0.29, 0.717) is 18.2 Å². The molecule has 2 aromatic rings. The molecule has 1 saturated carbocycles. The number of rotatable bonds is 5. The third kappa shape index (κ3) is 4.45. The number of nitrogens with one attached hydrogen (secondary N) is 2. The predicted molar refractivity (Wildman–Crippen MR) is 105 cm³/mol. The molecule has 1 aromatic carbocycles. The zero-order valence-corrected chi connectivity index (χ0v) is 15.2. The summed E-state index contributed by atoms with van der Waals surface area (Å²) in [5, 5.41) is 5.96. The van der Waals surface area contributed by atoms with Gasteiger partial charge in [-0.3, -0.25) is 9.59 Å². The summed E-state index contributed by atoms with van der Waals surface area (Å²) in [6, 6.07) is 13.6. The van der Waals surface area contributed by atoms with Crippen molar-refractivity contribution < 1.29 is 9.59 Å². The first kappa shape index (κ1) is 17.5. The van der Waals surface area contributed by atoms with Crippen molar-refractivity contribution in [3.05, 3.63) is 54.2 Å². The van der Waals surface area contributed by atoms with Crippen molar-refractivity contribution >= 4 is 23.3 Å². The minimum Gasteiger partial charge on any atom is -0.356 e. The first-order chi connectivity index (χ1) is 13.2. The highest BCUT2D eigenvalue weighted by Gasteiger charge is 2.27. The molecule has 1 saturated heterocycles. The molecule has 0 radical (unpaired) electrons. The molecule has 2 N–H and O–H groups in total. The molecule has 2 amide bonds. The van der Waals surface area contributed by atoms with Crippen molar-refractivity contribution in [1.82, 2.24) is 10.3 Å². The van der Waals surface area contributed by atoms with Crippen molar-refractivity contribution in [2.45, 2.75) is 31.7 Å².